The number of benzene rings is 2. The maximum atomic E-state index is 13.4. The molecule has 1 aromatic heterocycles. The minimum absolute atomic E-state index is 0.0423. The second-order valence-electron chi connectivity index (χ2n) is 16.0. The van der Waals surface area contributed by atoms with Crippen LogP contribution < -0.4 is 25.3 Å². The van der Waals surface area contributed by atoms with Gasteiger partial charge in [-0.05, 0) is 81.5 Å². The average Bonchev–Trinajstić information content (AvgIpc) is 3.47. The summed E-state index contributed by atoms with van der Waals surface area (Å²) in [6.45, 7) is 18.8. The monoisotopic (exact) mass is 806 g/mol. The molecule has 3 atom stereocenters. The Morgan fingerprint density at radius 2 is 1.60 bits per heavy atom. The van der Waals surface area contributed by atoms with E-state index in [4.69, 9.17) is 23.2 Å². The number of halogens is 1. The molecule has 3 aromatic rings. The van der Waals surface area contributed by atoms with Crippen LogP contribution in [0.5, 0.6) is 0 Å². The van der Waals surface area contributed by atoms with Gasteiger partial charge in [-0.25, -0.2) is 14.6 Å². The van der Waals surface area contributed by atoms with Crippen molar-refractivity contribution in [2.45, 2.75) is 57.7 Å². The van der Waals surface area contributed by atoms with Crippen LogP contribution in [0.25, 0.3) is 4.85 Å². The average molecular weight is 807 g/mol. The number of piperazine rings is 2. The third-order valence-electron chi connectivity index (χ3n) is 12.2. The van der Waals surface area contributed by atoms with Crippen LogP contribution in [0.2, 0.25) is 5.02 Å². The number of piperidine rings is 2. The van der Waals surface area contributed by atoms with Gasteiger partial charge in [-0.1, -0.05) is 17.7 Å². The van der Waals surface area contributed by atoms with Crippen molar-refractivity contribution in [3.8, 4) is 0 Å². The number of nitrogens with one attached hydrogen (secondary N) is 2. The van der Waals surface area contributed by atoms with Gasteiger partial charge in [0, 0.05) is 93.8 Å². The maximum absolute atomic E-state index is 13.4. The summed E-state index contributed by atoms with van der Waals surface area (Å²) < 4.78 is 0. The molecule has 16 heteroatoms. The summed E-state index contributed by atoms with van der Waals surface area (Å²) in [6, 6.07) is 13.6. The zero-order valence-corrected chi connectivity index (χ0v) is 33.5. The van der Waals surface area contributed by atoms with Crippen LogP contribution in [0, 0.1) is 12.5 Å². The Labute approximate surface area is 342 Å². The number of anilines is 4. The van der Waals surface area contributed by atoms with Crippen LogP contribution >= 0.6 is 11.6 Å². The van der Waals surface area contributed by atoms with Crippen molar-refractivity contribution in [2.24, 2.45) is 5.92 Å². The lowest BCUT2D eigenvalue weighted by atomic mass is 9.96. The van der Waals surface area contributed by atoms with E-state index in [-0.39, 0.29) is 31.0 Å². The van der Waals surface area contributed by atoms with Gasteiger partial charge < -0.3 is 24.9 Å². The van der Waals surface area contributed by atoms with Crippen LogP contribution in [0.3, 0.4) is 0 Å². The molecular weight excluding hydrogens is 760 g/mol. The molecule has 5 aliphatic heterocycles. The second kappa shape index (κ2) is 16.3. The Balaban J connectivity index is 0.777. The van der Waals surface area contributed by atoms with E-state index in [1.165, 1.54) is 0 Å². The van der Waals surface area contributed by atoms with Gasteiger partial charge in [-0.3, -0.25) is 34.3 Å². The van der Waals surface area contributed by atoms with E-state index in [9.17, 15) is 24.0 Å². The highest BCUT2D eigenvalue weighted by molar-refractivity contribution is 6.33. The molecule has 6 amide bonds. The highest BCUT2D eigenvalue weighted by Gasteiger charge is 2.45. The third-order valence-corrected chi connectivity index (χ3v) is 12.5. The first kappa shape index (κ1) is 39.1. The fourth-order valence-corrected chi connectivity index (χ4v) is 9.15. The number of fused-ring (bicyclic) bond motifs is 1. The number of amides is 6. The Morgan fingerprint density at radius 1 is 0.862 bits per heavy atom. The van der Waals surface area contributed by atoms with E-state index in [1.54, 1.807) is 24.4 Å². The molecule has 0 aliphatic carbocycles. The van der Waals surface area contributed by atoms with Gasteiger partial charge in [0.2, 0.25) is 17.5 Å². The van der Waals surface area contributed by atoms with E-state index in [0.717, 1.165) is 80.7 Å². The lowest BCUT2D eigenvalue weighted by Crippen LogP contribution is -2.59. The Kier molecular flexibility index (Phi) is 11.0. The SMILES string of the molecule is [C-]#[N+]c1ccc(N2C[C@@H](C)N(C(=O)Nc3ccc(N4CCC(CN5CCN(c6ccc7c(c6)C(=O)N(C6CCC(=O)NC6=O)C7=O)CC5)CC4)nc3)C[C@@H]2C)cc1Cl. The molecule has 58 heavy (non-hydrogen) atoms. The van der Waals surface area contributed by atoms with Crippen LogP contribution in [0.15, 0.2) is 54.7 Å². The summed E-state index contributed by atoms with van der Waals surface area (Å²) in [5.41, 5.74) is 3.50. The number of nitrogens with zero attached hydrogens (tertiary/aromatic N) is 8. The molecule has 4 saturated heterocycles. The highest BCUT2D eigenvalue weighted by atomic mass is 35.5. The molecule has 15 nitrogen and oxygen atoms in total. The molecule has 2 aromatic carbocycles. The van der Waals surface area contributed by atoms with Crippen molar-refractivity contribution >= 4 is 69.8 Å². The Hall–Kier alpha value is -5.72. The number of urea groups is 1. The number of aromatic nitrogens is 1. The molecule has 0 radical (unpaired) electrons. The van der Waals surface area contributed by atoms with Crippen molar-refractivity contribution < 1.29 is 24.0 Å². The molecule has 8 rings (SSSR count). The third kappa shape index (κ3) is 7.78. The van der Waals surface area contributed by atoms with E-state index in [1.807, 2.05) is 42.2 Å². The number of hydrogen-bond donors (Lipinski definition) is 2. The van der Waals surface area contributed by atoms with E-state index < -0.39 is 29.7 Å². The lowest BCUT2D eigenvalue weighted by molar-refractivity contribution is -0.136. The molecular formula is C42H47ClN10O5. The van der Waals surface area contributed by atoms with Crippen molar-refractivity contribution in [3.05, 3.63) is 82.3 Å². The van der Waals surface area contributed by atoms with Gasteiger partial charge in [-0.15, -0.1) is 0 Å². The minimum atomic E-state index is -0.974. The summed E-state index contributed by atoms with van der Waals surface area (Å²) in [7, 11) is 0. The van der Waals surface area contributed by atoms with Gasteiger partial charge in [0.05, 0.1) is 29.6 Å². The molecule has 5 aliphatic rings. The number of pyridine rings is 1. The van der Waals surface area contributed by atoms with Crippen molar-refractivity contribution in [1.82, 2.24) is 25.0 Å². The summed E-state index contributed by atoms with van der Waals surface area (Å²) >= 11 is 6.31. The van der Waals surface area contributed by atoms with Crippen LogP contribution in [0.1, 0.15) is 60.2 Å². The number of carbonyl (C=O) groups excluding carboxylic acids is 5. The predicted octanol–water partition coefficient (Wildman–Crippen LogP) is 4.86. The van der Waals surface area contributed by atoms with Crippen molar-refractivity contribution in [1.29, 1.82) is 0 Å². The lowest BCUT2D eigenvalue weighted by Gasteiger charge is -2.45. The quantitative estimate of drug-likeness (QED) is 0.251. The van der Waals surface area contributed by atoms with Crippen LogP contribution in [0.4, 0.5) is 33.4 Å². The zero-order chi connectivity index (χ0) is 40.7. The Bertz CT molecular complexity index is 2160. The highest BCUT2D eigenvalue weighted by Crippen LogP contribution is 2.34. The van der Waals surface area contributed by atoms with E-state index in [2.05, 4.69) is 42.0 Å². The largest absolute Gasteiger partial charge is 0.369 e. The second-order valence-corrected chi connectivity index (χ2v) is 16.4. The van der Waals surface area contributed by atoms with Gasteiger partial charge >= 0.3 is 6.03 Å². The first-order chi connectivity index (χ1) is 28.0. The zero-order valence-electron chi connectivity index (χ0n) is 32.7. The summed E-state index contributed by atoms with van der Waals surface area (Å²) in [6.07, 6.45) is 4.07. The smallest absolute Gasteiger partial charge is 0.322 e. The molecule has 2 N–H and O–H groups in total. The standard InChI is InChI=1S/C42H47ClN10O5/c1-26-24-52(27(2)23-51(26)31-6-8-35(44-3)34(43)21-31)42(58)46-29-4-10-37(45-22-29)50-14-12-28(13-15-50)25-48-16-18-49(19-17-48)30-5-7-32-33(20-30)41(57)53(40(32)56)36-9-11-38(54)47-39(36)55/h4-8,10,20-22,26-28,36H,9,11-19,23-25H2,1-2H3,(H,46,58)(H,47,54,55)/t26-,27+,36?/m0/s1. The first-order valence-electron chi connectivity index (χ1n) is 20.0. The fourth-order valence-electron chi connectivity index (χ4n) is 8.93. The molecule has 0 bridgehead atoms. The number of imide groups is 2. The minimum Gasteiger partial charge on any atom is -0.369 e. The molecule has 4 fully saturated rings. The predicted molar refractivity (Wildman–Crippen MR) is 221 cm³/mol. The normalized spacial score (nSPS) is 23.2. The molecule has 0 saturated carbocycles. The molecule has 0 spiro atoms. The van der Waals surface area contributed by atoms with E-state index >= 15 is 0 Å². The van der Waals surface area contributed by atoms with Gasteiger partial charge in [0.15, 0.2) is 0 Å². The molecule has 302 valence electrons. The van der Waals surface area contributed by atoms with Crippen LogP contribution in [-0.2, 0) is 9.59 Å². The number of rotatable bonds is 7. The Morgan fingerprint density at radius 3 is 2.29 bits per heavy atom. The molecule has 1 unspecified atom stereocenters. The first-order valence-corrected chi connectivity index (χ1v) is 20.4. The van der Waals surface area contributed by atoms with E-state index in [0.29, 0.717) is 46.5 Å². The maximum Gasteiger partial charge on any atom is 0.322 e. The van der Waals surface area contributed by atoms with Crippen molar-refractivity contribution in [3.63, 3.8) is 0 Å². The van der Waals surface area contributed by atoms with Crippen LogP contribution in [-0.4, -0.2) is 126 Å². The topological polar surface area (TPSA) is 146 Å². The summed E-state index contributed by atoms with van der Waals surface area (Å²) in [4.78, 5) is 84.2. The van der Waals surface area contributed by atoms with Gasteiger partial charge in [-0.2, -0.15) is 0 Å². The summed E-state index contributed by atoms with van der Waals surface area (Å²) in [5, 5.41) is 5.71. The number of carbonyl (C=O) groups is 5. The molecule has 6 heterocycles. The number of hydrogen-bond acceptors (Lipinski definition) is 10. The fraction of sp³-hybridized carbons (Fsp3) is 0.452. The van der Waals surface area contributed by atoms with Gasteiger partial charge in [0.25, 0.3) is 11.8 Å². The van der Waals surface area contributed by atoms with Gasteiger partial charge in [0.1, 0.15) is 11.9 Å². The summed E-state index contributed by atoms with van der Waals surface area (Å²) in [5.74, 6) is -0.507. The van der Waals surface area contributed by atoms with Crippen molar-refractivity contribution in [2.75, 3.05) is 78.9 Å².